The number of para-hydroxylation sites is 1. The third kappa shape index (κ3) is 3.08. The van der Waals surface area contributed by atoms with Gasteiger partial charge >= 0.3 is 0 Å². The molecule has 2 aliphatic rings. The minimum absolute atomic E-state index is 0.0900. The summed E-state index contributed by atoms with van der Waals surface area (Å²) in [6.07, 6.45) is 4.36. The maximum atomic E-state index is 13.0. The maximum Gasteiger partial charge on any atom is 0.255 e. The van der Waals surface area contributed by atoms with E-state index >= 15 is 0 Å². The predicted octanol–water partition coefficient (Wildman–Crippen LogP) is 3.45. The molecule has 0 aliphatic carbocycles. The van der Waals surface area contributed by atoms with Gasteiger partial charge in [0.15, 0.2) is 0 Å². The van der Waals surface area contributed by atoms with E-state index in [2.05, 4.69) is 12.3 Å². The highest BCUT2D eigenvalue weighted by Gasteiger charge is 2.44. The summed E-state index contributed by atoms with van der Waals surface area (Å²) in [6.45, 7) is 1.82. The lowest BCUT2D eigenvalue weighted by atomic mass is 9.83. The Hall–Kier alpha value is -3.43. The van der Waals surface area contributed by atoms with Gasteiger partial charge in [-0.15, -0.1) is 0 Å². The smallest absolute Gasteiger partial charge is 0.255 e. The summed E-state index contributed by atoms with van der Waals surface area (Å²) >= 11 is 0. The van der Waals surface area contributed by atoms with Crippen LogP contribution in [0.3, 0.4) is 0 Å². The number of carbonyl (C=O) groups excluding carboxylic acids is 1. The van der Waals surface area contributed by atoms with Crippen molar-refractivity contribution in [3.05, 3.63) is 83.2 Å². The molecule has 3 aromatic rings. The summed E-state index contributed by atoms with van der Waals surface area (Å²) in [5.74, 6) is -0.0900. The molecule has 3 heterocycles. The quantitative estimate of drug-likeness (QED) is 0.663. The SMILES string of the molecule is N#Cc1ccccc1C(=O)N1CCC2(CC1)OCCc1cn(-c3ccccc3)nc12. The summed E-state index contributed by atoms with van der Waals surface area (Å²) in [6, 6.07) is 19.2. The fourth-order valence-electron chi connectivity index (χ4n) is 4.50. The first-order valence-electron chi connectivity index (χ1n) is 10.3. The lowest BCUT2D eigenvalue weighted by Crippen LogP contribution is -2.48. The first kappa shape index (κ1) is 18.6. The molecule has 0 bridgehead atoms. The molecule has 0 atom stereocenters. The van der Waals surface area contributed by atoms with Crippen LogP contribution in [0.1, 0.15) is 40.0 Å². The van der Waals surface area contributed by atoms with Crippen LogP contribution in [0.2, 0.25) is 0 Å². The van der Waals surface area contributed by atoms with Gasteiger partial charge in [0.2, 0.25) is 0 Å². The molecule has 0 unspecified atom stereocenters. The number of hydrogen-bond acceptors (Lipinski definition) is 4. The highest BCUT2D eigenvalue weighted by molar-refractivity contribution is 5.96. The fraction of sp³-hybridized carbons (Fsp3) is 0.292. The molecular weight excluding hydrogens is 376 g/mol. The normalized spacial score (nSPS) is 17.4. The van der Waals surface area contributed by atoms with Gasteiger partial charge in [-0.3, -0.25) is 4.79 Å². The summed E-state index contributed by atoms with van der Waals surface area (Å²) in [5, 5.41) is 14.2. The van der Waals surface area contributed by atoms with Crippen molar-refractivity contribution in [2.45, 2.75) is 24.9 Å². The number of likely N-dealkylation sites (tertiary alicyclic amines) is 1. The zero-order valence-electron chi connectivity index (χ0n) is 16.6. The van der Waals surface area contributed by atoms with E-state index in [0.717, 1.165) is 17.8 Å². The topological polar surface area (TPSA) is 71.2 Å². The average molecular weight is 398 g/mol. The number of nitrogens with zero attached hydrogens (tertiary/aromatic N) is 4. The third-order valence-corrected chi connectivity index (χ3v) is 6.13. The molecule has 1 aromatic heterocycles. The molecule has 0 N–H and O–H groups in total. The Bertz CT molecular complexity index is 1120. The molecule has 1 spiro atoms. The van der Waals surface area contributed by atoms with Crippen molar-refractivity contribution in [1.82, 2.24) is 14.7 Å². The lowest BCUT2D eigenvalue weighted by Gasteiger charge is -2.43. The van der Waals surface area contributed by atoms with E-state index in [1.54, 1.807) is 24.3 Å². The van der Waals surface area contributed by atoms with Gasteiger partial charge in [-0.25, -0.2) is 4.68 Å². The summed E-state index contributed by atoms with van der Waals surface area (Å²) < 4.78 is 8.23. The zero-order chi connectivity index (χ0) is 20.6. The Morgan fingerprint density at radius 2 is 1.80 bits per heavy atom. The minimum Gasteiger partial charge on any atom is -0.368 e. The Kier molecular flexibility index (Phi) is 4.61. The van der Waals surface area contributed by atoms with Gasteiger partial charge in [0.25, 0.3) is 5.91 Å². The number of amides is 1. The van der Waals surface area contributed by atoms with Gasteiger partial charge in [-0.2, -0.15) is 10.4 Å². The van der Waals surface area contributed by atoms with Crippen molar-refractivity contribution in [3.63, 3.8) is 0 Å². The Labute approximate surface area is 175 Å². The molecule has 0 saturated carbocycles. The number of aromatic nitrogens is 2. The van der Waals surface area contributed by atoms with Crippen molar-refractivity contribution in [3.8, 4) is 11.8 Å². The maximum absolute atomic E-state index is 13.0. The highest BCUT2D eigenvalue weighted by atomic mass is 16.5. The number of nitriles is 1. The Morgan fingerprint density at radius 1 is 1.07 bits per heavy atom. The van der Waals surface area contributed by atoms with Gasteiger partial charge in [-0.05, 0) is 49.1 Å². The summed E-state index contributed by atoms with van der Waals surface area (Å²) in [5.41, 5.74) is 3.69. The minimum atomic E-state index is -0.445. The van der Waals surface area contributed by atoms with Crippen molar-refractivity contribution in [2.75, 3.05) is 19.7 Å². The van der Waals surface area contributed by atoms with E-state index in [1.807, 2.05) is 39.9 Å². The first-order chi connectivity index (χ1) is 14.7. The molecule has 6 nitrogen and oxygen atoms in total. The van der Waals surface area contributed by atoms with Crippen LogP contribution < -0.4 is 0 Å². The molecule has 1 fully saturated rings. The van der Waals surface area contributed by atoms with Crippen LogP contribution in [-0.4, -0.2) is 40.3 Å². The van der Waals surface area contributed by atoms with Gasteiger partial charge in [0.1, 0.15) is 5.60 Å². The molecular formula is C24H22N4O2. The van der Waals surface area contributed by atoms with Crippen LogP contribution >= 0.6 is 0 Å². The van der Waals surface area contributed by atoms with Crippen molar-refractivity contribution >= 4 is 5.91 Å². The van der Waals surface area contributed by atoms with Gasteiger partial charge in [-0.1, -0.05) is 30.3 Å². The van der Waals surface area contributed by atoms with Crippen molar-refractivity contribution in [1.29, 1.82) is 5.26 Å². The Balaban J connectivity index is 1.39. The fourth-order valence-corrected chi connectivity index (χ4v) is 4.50. The third-order valence-electron chi connectivity index (χ3n) is 6.13. The standard InChI is InChI=1S/C24H22N4O2/c25-16-18-6-4-5-9-21(18)23(29)27-13-11-24(12-14-27)22-19(10-15-30-24)17-28(26-22)20-7-2-1-3-8-20/h1-9,17H,10-15H2. The molecule has 6 heteroatoms. The molecule has 0 radical (unpaired) electrons. The molecule has 30 heavy (non-hydrogen) atoms. The molecule has 1 amide bonds. The molecule has 1 saturated heterocycles. The molecule has 5 rings (SSSR count). The van der Waals surface area contributed by atoms with Crippen molar-refractivity contribution < 1.29 is 9.53 Å². The number of ether oxygens (including phenoxy) is 1. The molecule has 2 aliphatic heterocycles. The second kappa shape index (κ2) is 7.43. The van der Waals surface area contributed by atoms with Crippen LogP contribution in [0.25, 0.3) is 5.69 Å². The van der Waals surface area contributed by atoms with Crippen LogP contribution in [0, 0.1) is 11.3 Å². The van der Waals surface area contributed by atoms with E-state index in [9.17, 15) is 10.1 Å². The molecule has 150 valence electrons. The lowest BCUT2D eigenvalue weighted by molar-refractivity contribution is -0.0963. The second-order valence-electron chi connectivity index (χ2n) is 7.83. The molecule has 2 aromatic carbocycles. The number of hydrogen-bond donors (Lipinski definition) is 0. The van der Waals surface area contributed by atoms with Gasteiger partial charge < -0.3 is 9.64 Å². The second-order valence-corrected chi connectivity index (χ2v) is 7.83. The highest BCUT2D eigenvalue weighted by Crippen LogP contribution is 2.41. The van der Waals surface area contributed by atoms with Crippen LogP contribution in [0.4, 0.5) is 0 Å². The van der Waals surface area contributed by atoms with E-state index < -0.39 is 5.60 Å². The van der Waals surface area contributed by atoms with Gasteiger partial charge in [0, 0.05) is 19.3 Å². The number of rotatable bonds is 2. The zero-order valence-corrected chi connectivity index (χ0v) is 16.6. The number of fused-ring (bicyclic) bond motifs is 2. The summed E-state index contributed by atoms with van der Waals surface area (Å²) in [4.78, 5) is 14.8. The first-order valence-corrected chi connectivity index (χ1v) is 10.3. The van der Waals surface area contributed by atoms with E-state index in [1.165, 1.54) is 5.56 Å². The largest absolute Gasteiger partial charge is 0.368 e. The predicted molar refractivity (Wildman–Crippen MR) is 111 cm³/mol. The number of piperidine rings is 1. The number of carbonyl (C=O) groups is 1. The average Bonchev–Trinajstić information content (AvgIpc) is 3.26. The van der Waals surface area contributed by atoms with E-state index in [0.29, 0.717) is 43.7 Å². The van der Waals surface area contributed by atoms with Crippen LogP contribution in [0.5, 0.6) is 0 Å². The Morgan fingerprint density at radius 3 is 2.57 bits per heavy atom. The van der Waals surface area contributed by atoms with Crippen LogP contribution in [0.15, 0.2) is 60.8 Å². The van der Waals surface area contributed by atoms with Gasteiger partial charge in [0.05, 0.1) is 35.2 Å². The summed E-state index contributed by atoms with van der Waals surface area (Å²) in [7, 11) is 0. The van der Waals surface area contributed by atoms with E-state index in [-0.39, 0.29) is 5.91 Å². The van der Waals surface area contributed by atoms with Crippen LogP contribution in [-0.2, 0) is 16.8 Å². The van der Waals surface area contributed by atoms with E-state index in [4.69, 9.17) is 9.84 Å². The monoisotopic (exact) mass is 398 g/mol. The van der Waals surface area contributed by atoms with Crippen molar-refractivity contribution in [2.24, 2.45) is 0 Å². The number of benzene rings is 2.